The van der Waals surface area contributed by atoms with Crippen molar-refractivity contribution in [2.24, 2.45) is 11.7 Å². The third-order valence-corrected chi connectivity index (χ3v) is 5.33. The molecule has 1 aromatic rings. The van der Waals surface area contributed by atoms with Crippen LogP contribution in [0, 0.1) is 5.92 Å². The molecular formula is C12H17N3O2S2. The first-order valence-corrected chi connectivity index (χ1v) is 8.02. The van der Waals surface area contributed by atoms with Crippen LogP contribution >= 0.6 is 12.2 Å². The van der Waals surface area contributed by atoms with E-state index in [1.54, 1.807) is 6.07 Å². The molecule has 104 valence electrons. The first-order valence-electron chi connectivity index (χ1n) is 6.18. The Kier molecular flexibility index (Phi) is 4.17. The van der Waals surface area contributed by atoms with Gasteiger partial charge in [0, 0.05) is 19.3 Å². The molecule has 1 aliphatic heterocycles. The van der Waals surface area contributed by atoms with E-state index < -0.39 is 10.0 Å². The third-order valence-electron chi connectivity index (χ3n) is 3.24. The van der Waals surface area contributed by atoms with Crippen molar-refractivity contribution in [3.8, 4) is 0 Å². The number of rotatable bonds is 3. The van der Waals surface area contributed by atoms with Crippen LogP contribution in [0.25, 0.3) is 0 Å². The average Bonchev–Trinajstić information content (AvgIpc) is 2.38. The molecule has 0 spiro atoms. The second kappa shape index (κ2) is 5.52. The molecule has 5 nitrogen and oxygen atoms in total. The summed E-state index contributed by atoms with van der Waals surface area (Å²) in [6, 6.07) is 3.10. The van der Waals surface area contributed by atoms with Gasteiger partial charge in [-0.1, -0.05) is 19.1 Å². The molecule has 0 aliphatic carbocycles. The smallest absolute Gasteiger partial charge is 0.245 e. The lowest BCUT2D eigenvalue weighted by atomic mass is 10.0. The van der Waals surface area contributed by atoms with Crippen LogP contribution in [0.5, 0.6) is 0 Å². The molecule has 0 radical (unpaired) electrons. The largest absolute Gasteiger partial charge is 0.388 e. The number of sulfonamides is 1. The summed E-state index contributed by atoms with van der Waals surface area (Å²) in [4.78, 5) is 4.10. The summed E-state index contributed by atoms with van der Waals surface area (Å²) in [6.07, 6.45) is 3.43. The van der Waals surface area contributed by atoms with Crippen LogP contribution in [-0.2, 0) is 10.0 Å². The number of thiocarbonyl (C=S) groups is 1. The van der Waals surface area contributed by atoms with Crippen molar-refractivity contribution in [1.82, 2.24) is 9.29 Å². The van der Waals surface area contributed by atoms with Crippen molar-refractivity contribution in [1.29, 1.82) is 0 Å². The van der Waals surface area contributed by atoms with Crippen molar-refractivity contribution in [3.63, 3.8) is 0 Å². The third kappa shape index (κ3) is 2.93. The molecule has 2 rings (SSSR count). The minimum atomic E-state index is -3.57. The Morgan fingerprint density at radius 3 is 2.95 bits per heavy atom. The predicted molar refractivity (Wildman–Crippen MR) is 77.3 cm³/mol. The quantitative estimate of drug-likeness (QED) is 0.847. The van der Waals surface area contributed by atoms with Gasteiger partial charge in [-0.15, -0.1) is 0 Å². The number of nitrogens with zero attached hydrogens (tertiary/aromatic N) is 2. The van der Waals surface area contributed by atoms with Gasteiger partial charge in [-0.3, -0.25) is 4.98 Å². The normalized spacial score (nSPS) is 21.2. The van der Waals surface area contributed by atoms with E-state index in [4.69, 9.17) is 18.0 Å². The lowest BCUT2D eigenvalue weighted by Gasteiger charge is -2.30. The predicted octanol–water partition coefficient (Wildman–Crippen LogP) is 1.14. The van der Waals surface area contributed by atoms with Gasteiger partial charge in [0.1, 0.15) is 15.6 Å². The topological polar surface area (TPSA) is 76.3 Å². The molecule has 2 heterocycles. The average molecular weight is 299 g/mol. The summed E-state index contributed by atoms with van der Waals surface area (Å²) in [7, 11) is -3.57. The van der Waals surface area contributed by atoms with Crippen LogP contribution in [0.4, 0.5) is 0 Å². The molecular weight excluding hydrogens is 282 g/mol. The zero-order valence-electron chi connectivity index (χ0n) is 10.7. The fraction of sp³-hybridized carbons (Fsp3) is 0.500. The summed E-state index contributed by atoms with van der Waals surface area (Å²) >= 11 is 4.88. The maximum Gasteiger partial charge on any atom is 0.245 e. The maximum absolute atomic E-state index is 12.6. The second-order valence-corrected chi connectivity index (χ2v) is 7.17. The Balaban J connectivity index is 2.42. The number of pyridine rings is 1. The van der Waals surface area contributed by atoms with Gasteiger partial charge in [0.2, 0.25) is 10.0 Å². The number of aromatic nitrogens is 1. The summed E-state index contributed by atoms with van der Waals surface area (Å²) in [5.41, 5.74) is 5.73. The molecule has 0 amide bonds. The number of piperidine rings is 1. The number of nitrogens with two attached hydrogens (primary N) is 1. The van der Waals surface area contributed by atoms with Crippen LogP contribution in [-0.4, -0.2) is 35.8 Å². The van der Waals surface area contributed by atoms with E-state index in [0.717, 1.165) is 12.8 Å². The number of hydrogen-bond acceptors (Lipinski definition) is 4. The highest BCUT2D eigenvalue weighted by atomic mass is 32.2. The van der Waals surface area contributed by atoms with E-state index in [9.17, 15) is 8.42 Å². The molecule has 1 aromatic heterocycles. The minimum absolute atomic E-state index is 0.00392. The Morgan fingerprint density at radius 2 is 2.32 bits per heavy atom. The van der Waals surface area contributed by atoms with Crippen LogP contribution in [0.2, 0.25) is 0 Å². The monoisotopic (exact) mass is 299 g/mol. The molecule has 1 saturated heterocycles. The lowest BCUT2D eigenvalue weighted by molar-refractivity contribution is 0.281. The van der Waals surface area contributed by atoms with Crippen LogP contribution in [0.1, 0.15) is 25.5 Å². The molecule has 1 aliphatic rings. The highest BCUT2D eigenvalue weighted by Gasteiger charge is 2.31. The zero-order valence-corrected chi connectivity index (χ0v) is 12.4. The molecule has 0 aromatic carbocycles. The Hall–Kier alpha value is -1.05. The van der Waals surface area contributed by atoms with E-state index in [2.05, 4.69) is 11.9 Å². The van der Waals surface area contributed by atoms with Gasteiger partial charge in [-0.05, 0) is 30.9 Å². The molecule has 1 fully saturated rings. The molecule has 0 saturated carbocycles. The summed E-state index contributed by atoms with van der Waals surface area (Å²) in [6.45, 7) is 3.13. The number of hydrogen-bond donors (Lipinski definition) is 1. The molecule has 19 heavy (non-hydrogen) atoms. The van der Waals surface area contributed by atoms with Crippen LogP contribution in [0.15, 0.2) is 23.2 Å². The Labute approximate surface area is 118 Å². The highest BCUT2D eigenvalue weighted by Crippen LogP contribution is 2.24. The fourth-order valence-corrected chi connectivity index (χ4v) is 4.27. The molecule has 1 unspecified atom stereocenters. The zero-order chi connectivity index (χ0) is 14.0. The van der Waals surface area contributed by atoms with E-state index in [0.29, 0.717) is 19.0 Å². The Morgan fingerprint density at radius 1 is 1.58 bits per heavy atom. The van der Waals surface area contributed by atoms with Gasteiger partial charge in [0.25, 0.3) is 0 Å². The molecule has 7 heteroatoms. The lowest BCUT2D eigenvalue weighted by Crippen LogP contribution is -2.39. The molecule has 1 atom stereocenters. The van der Waals surface area contributed by atoms with Gasteiger partial charge in [0.05, 0.1) is 0 Å². The van der Waals surface area contributed by atoms with Gasteiger partial charge in [0.15, 0.2) is 0 Å². The summed E-state index contributed by atoms with van der Waals surface area (Å²) in [5.74, 6) is 0.369. The first-order chi connectivity index (χ1) is 8.93. The van der Waals surface area contributed by atoms with Crippen molar-refractivity contribution in [3.05, 3.63) is 24.0 Å². The highest BCUT2D eigenvalue weighted by molar-refractivity contribution is 7.89. The van der Waals surface area contributed by atoms with E-state index >= 15 is 0 Å². The summed E-state index contributed by atoms with van der Waals surface area (Å²) < 4.78 is 26.8. The van der Waals surface area contributed by atoms with Crippen molar-refractivity contribution in [2.45, 2.75) is 24.7 Å². The van der Waals surface area contributed by atoms with Crippen LogP contribution < -0.4 is 5.73 Å². The SMILES string of the molecule is CC1CCCN(S(=O)(=O)c2cccnc2C(N)=S)C1. The van der Waals surface area contributed by atoms with E-state index in [1.807, 2.05) is 0 Å². The van der Waals surface area contributed by atoms with Crippen molar-refractivity contribution < 1.29 is 8.42 Å². The van der Waals surface area contributed by atoms with Gasteiger partial charge < -0.3 is 5.73 Å². The Bertz CT molecular complexity index is 586. The van der Waals surface area contributed by atoms with Crippen molar-refractivity contribution >= 4 is 27.2 Å². The standard InChI is InChI=1S/C12H17N3O2S2/c1-9-4-3-7-15(8-9)19(16,17)10-5-2-6-14-11(10)12(13)18/h2,5-6,9H,3-4,7-8H2,1H3,(H2,13,18). The van der Waals surface area contributed by atoms with Gasteiger partial charge >= 0.3 is 0 Å². The van der Waals surface area contributed by atoms with E-state index in [-0.39, 0.29) is 15.6 Å². The first kappa shape index (κ1) is 14.4. The maximum atomic E-state index is 12.6. The van der Waals surface area contributed by atoms with Crippen molar-refractivity contribution in [2.75, 3.05) is 13.1 Å². The minimum Gasteiger partial charge on any atom is -0.388 e. The fourth-order valence-electron chi connectivity index (χ4n) is 2.29. The van der Waals surface area contributed by atoms with Gasteiger partial charge in [-0.2, -0.15) is 4.31 Å². The van der Waals surface area contributed by atoms with Gasteiger partial charge in [-0.25, -0.2) is 8.42 Å². The van der Waals surface area contributed by atoms with Crippen LogP contribution in [0.3, 0.4) is 0 Å². The molecule has 0 bridgehead atoms. The molecule has 2 N–H and O–H groups in total. The van der Waals surface area contributed by atoms with E-state index in [1.165, 1.54) is 16.6 Å². The summed E-state index contributed by atoms with van der Waals surface area (Å²) in [5, 5.41) is 0. The second-order valence-electron chi connectivity index (χ2n) is 4.82.